The smallest absolute Gasteiger partial charge is 0.471 e. The molecule has 21 heavy (non-hydrogen) atoms. The van der Waals surface area contributed by atoms with Crippen LogP contribution in [-0.4, -0.2) is 34.6 Å². The average Bonchev–Trinajstić information content (AvgIpc) is 2.28. The van der Waals surface area contributed by atoms with Crippen LogP contribution in [0.5, 0.6) is 0 Å². The van der Waals surface area contributed by atoms with Gasteiger partial charge in [-0.2, -0.15) is 13.2 Å². The van der Waals surface area contributed by atoms with Crippen molar-refractivity contribution in [2.24, 2.45) is 5.41 Å². The zero-order valence-electron chi connectivity index (χ0n) is 10.9. The first-order valence-corrected chi connectivity index (χ1v) is 6.41. The van der Waals surface area contributed by atoms with E-state index in [0.29, 0.717) is 0 Å². The fraction of sp³-hybridized carbons (Fsp3) is 0.833. The van der Waals surface area contributed by atoms with Crippen LogP contribution in [0.4, 0.5) is 22.0 Å². The largest absolute Gasteiger partial charge is 0.480 e. The molecule has 0 bridgehead atoms. The quantitative estimate of drug-likeness (QED) is 0.769. The lowest BCUT2D eigenvalue weighted by Gasteiger charge is -2.56. The third kappa shape index (κ3) is 2.96. The molecule has 0 aliphatic heterocycles. The van der Waals surface area contributed by atoms with Crippen LogP contribution in [0.25, 0.3) is 0 Å². The number of hydrogen-bond acceptors (Lipinski definition) is 2. The summed E-state index contributed by atoms with van der Waals surface area (Å²) in [6.07, 6.45) is -6.37. The molecule has 1 amide bonds. The van der Waals surface area contributed by atoms with Crippen molar-refractivity contribution in [1.82, 2.24) is 5.32 Å². The van der Waals surface area contributed by atoms with Crippen LogP contribution < -0.4 is 5.32 Å². The van der Waals surface area contributed by atoms with Crippen LogP contribution in [0.15, 0.2) is 0 Å². The summed E-state index contributed by atoms with van der Waals surface area (Å²) in [6, 6.07) is 0. The van der Waals surface area contributed by atoms with Crippen molar-refractivity contribution in [1.29, 1.82) is 0 Å². The van der Waals surface area contributed by atoms with E-state index in [9.17, 15) is 31.5 Å². The summed E-state index contributed by atoms with van der Waals surface area (Å²) in [7, 11) is 0. The molecule has 2 aliphatic rings. The van der Waals surface area contributed by atoms with E-state index in [1.165, 1.54) is 5.32 Å². The lowest BCUT2D eigenvalue weighted by atomic mass is 9.51. The van der Waals surface area contributed by atoms with Gasteiger partial charge in [0.2, 0.25) is 5.92 Å². The highest BCUT2D eigenvalue weighted by Gasteiger charge is 2.63. The maximum Gasteiger partial charge on any atom is 0.471 e. The summed E-state index contributed by atoms with van der Waals surface area (Å²) >= 11 is 0. The van der Waals surface area contributed by atoms with Crippen LogP contribution in [0.1, 0.15) is 38.5 Å². The average molecular weight is 315 g/mol. The number of aliphatic carboxylic acids is 1. The Morgan fingerprint density at radius 1 is 1.00 bits per heavy atom. The first-order valence-electron chi connectivity index (χ1n) is 6.41. The fourth-order valence-corrected chi connectivity index (χ4v) is 3.31. The molecule has 0 heterocycles. The van der Waals surface area contributed by atoms with Gasteiger partial charge in [0.1, 0.15) is 5.54 Å². The van der Waals surface area contributed by atoms with E-state index in [2.05, 4.69) is 0 Å². The highest BCUT2D eigenvalue weighted by Crippen LogP contribution is 2.59. The van der Waals surface area contributed by atoms with Gasteiger partial charge in [-0.1, -0.05) is 0 Å². The molecule has 2 fully saturated rings. The Balaban J connectivity index is 2.05. The summed E-state index contributed by atoms with van der Waals surface area (Å²) in [5.41, 5.74) is -2.71. The Morgan fingerprint density at radius 3 is 1.86 bits per heavy atom. The van der Waals surface area contributed by atoms with E-state index in [4.69, 9.17) is 5.11 Å². The number of rotatable bonds is 2. The molecule has 120 valence electrons. The number of carboxylic acids is 1. The Hall–Kier alpha value is -1.41. The van der Waals surface area contributed by atoms with Gasteiger partial charge < -0.3 is 10.4 Å². The minimum Gasteiger partial charge on any atom is -0.480 e. The second-order valence-corrected chi connectivity index (χ2v) is 6.05. The molecule has 0 unspecified atom stereocenters. The monoisotopic (exact) mass is 315 g/mol. The van der Waals surface area contributed by atoms with Crippen molar-refractivity contribution in [3.63, 3.8) is 0 Å². The maximum absolute atomic E-state index is 13.1. The van der Waals surface area contributed by atoms with Gasteiger partial charge >= 0.3 is 18.1 Å². The van der Waals surface area contributed by atoms with Crippen LogP contribution in [0.3, 0.4) is 0 Å². The number of hydrogen-bond donors (Lipinski definition) is 2. The Labute approximate surface area is 116 Å². The number of amides is 1. The highest BCUT2D eigenvalue weighted by atomic mass is 19.4. The molecule has 0 aromatic carbocycles. The molecular weight excluding hydrogens is 301 g/mol. The molecule has 0 aromatic heterocycles. The fourth-order valence-electron chi connectivity index (χ4n) is 3.31. The highest BCUT2D eigenvalue weighted by molar-refractivity contribution is 5.90. The van der Waals surface area contributed by atoms with E-state index in [0.717, 1.165) is 0 Å². The normalized spacial score (nSPS) is 26.0. The standard InChI is InChI=1S/C12H14F5NO3/c13-11(14)3-1-9(2-4-11)5-10(6-9,8(20)21)18-7(19)12(15,16)17/h1-6H2,(H,18,19)(H,20,21). The molecule has 1 spiro atoms. The topological polar surface area (TPSA) is 66.4 Å². The van der Waals surface area contributed by atoms with Gasteiger partial charge in [-0.15, -0.1) is 0 Å². The Morgan fingerprint density at radius 2 is 1.48 bits per heavy atom. The van der Waals surface area contributed by atoms with Crippen LogP contribution in [0.2, 0.25) is 0 Å². The van der Waals surface area contributed by atoms with E-state index in [1.54, 1.807) is 0 Å². The number of alkyl halides is 5. The lowest BCUT2D eigenvalue weighted by molar-refractivity contribution is -0.187. The van der Waals surface area contributed by atoms with Crippen LogP contribution in [-0.2, 0) is 9.59 Å². The van der Waals surface area contributed by atoms with Crippen molar-refractivity contribution in [3.8, 4) is 0 Å². The zero-order valence-corrected chi connectivity index (χ0v) is 10.9. The van der Waals surface area contributed by atoms with Gasteiger partial charge in [-0.05, 0) is 31.1 Å². The van der Waals surface area contributed by atoms with Crippen molar-refractivity contribution < 1.29 is 36.6 Å². The van der Waals surface area contributed by atoms with Gasteiger partial charge in [0, 0.05) is 12.8 Å². The van der Waals surface area contributed by atoms with E-state index < -0.39 is 47.8 Å². The molecule has 0 saturated heterocycles. The molecule has 0 atom stereocenters. The third-order valence-corrected chi connectivity index (χ3v) is 4.42. The minimum atomic E-state index is -5.18. The summed E-state index contributed by atoms with van der Waals surface area (Å²) in [5, 5.41) is 10.6. The van der Waals surface area contributed by atoms with Gasteiger partial charge in [-0.25, -0.2) is 13.6 Å². The minimum absolute atomic E-state index is 0.0525. The maximum atomic E-state index is 13.1. The van der Waals surface area contributed by atoms with Gasteiger partial charge in [-0.3, -0.25) is 4.79 Å². The van der Waals surface area contributed by atoms with E-state index in [1.807, 2.05) is 0 Å². The molecule has 2 N–H and O–H groups in total. The molecule has 0 radical (unpaired) electrons. The molecule has 2 rings (SSSR count). The predicted octanol–water partition coefficient (Wildman–Crippen LogP) is 2.48. The van der Waals surface area contributed by atoms with Crippen LogP contribution >= 0.6 is 0 Å². The van der Waals surface area contributed by atoms with Crippen LogP contribution in [0, 0.1) is 5.41 Å². The summed E-state index contributed by atoms with van der Waals surface area (Å²) in [4.78, 5) is 22.1. The van der Waals surface area contributed by atoms with Gasteiger partial charge in [0.25, 0.3) is 0 Å². The number of carbonyl (C=O) groups is 2. The van der Waals surface area contributed by atoms with Crippen molar-refractivity contribution in [2.45, 2.75) is 56.2 Å². The Kier molecular flexibility index (Phi) is 3.45. The van der Waals surface area contributed by atoms with E-state index >= 15 is 0 Å². The number of carbonyl (C=O) groups excluding carboxylic acids is 1. The molecule has 2 saturated carbocycles. The molecule has 0 aromatic rings. The SMILES string of the molecule is O=C(NC1(C(=O)O)CC2(CCC(F)(F)CC2)C1)C(F)(F)F. The first kappa shape index (κ1) is 16.0. The van der Waals surface area contributed by atoms with Crippen molar-refractivity contribution in [2.75, 3.05) is 0 Å². The third-order valence-electron chi connectivity index (χ3n) is 4.42. The number of nitrogens with one attached hydrogen (secondary N) is 1. The van der Waals surface area contributed by atoms with E-state index in [-0.39, 0.29) is 25.7 Å². The number of halogens is 5. The summed E-state index contributed by atoms with van der Waals surface area (Å²) < 4.78 is 62.9. The molecule has 4 nitrogen and oxygen atoms in total. The predicted molar refractivity (Wildman–Crippen MR) is 59.6 cm³/mol. The number of carboxylic acid groups (broad SMARTS) is 1. The van der Waals surface area contributed by atoms with Gasteiger partial charge in [0.05, 0.1) is 0 Å². The summed E-state index contributed by atoms with van der Waals surface area (Å²) in [5.74, 6) is -6.69. The van der Waals surface area contributed by atoms with Gasteiger partial charge in [0.15, 0.2) is 0 Å². The Bertz CT molecular complexity index is 456. The summed E-state index contributed by atoms with van der Waals surface area (Å²) in [6.45, 7) is 0. The zero-order chi connectivity index (χ0) is 16.1. The molecule has 9 heteroatoms. The van der Waals surface area contributed by atoms with Crippen molar-refractivity contribution in [3.05, 3.63) is 0 Å². The molecular formula is C12H14F5NO3. The second kappa shape index (κ2) is 4.54. The first-order chi connectivity index (χ1) is 9.40. The molecule has 2 aliphatic carbocycles. The second-order valence-electron chi connectivity index (χ2n) is 6.05. The van der Waals surface area contributed by atoms with Crippen molar-refractivity contribution >= 4 is 11.9 Å². The lowest BCUT2D eigenvalue weighted by Crippen LogP contribution is -2.68.